The Balaban J connectivity index is 2.47. The summed E-state index contributed by atoms with van der Waals surface area (Å²) >= 11 is 0. The normalized spacial score (nSPS) is 12.2. The standard InChI is InChI=1S/C13H20N2O/c1-4-9-14-11(3)13(16)15-12-7-5-10(2)6-8-12/h5-8,11,14H,4,9H2,1-3H3,(H,15,16). The van der Waals surface area contributed by atoms with Crippen LogP contribution in [0.25, 0.3) is 0 Å². The minimum atomic E-state index is -0.152. The minimum Gasteiger partial charge on any atom is -0.325 e. The average Bonchev–Trinajstić information content (AvgIpc) is 2.29. The molecule has 0 heterocycles. The predicted molar refractivity (Wildman–Crippen MR) is 67.6 cm³/mol. The molecule has 0 aliphatic heterocycles. The summed E-state index contributed by atoms with van der Waals surface area (Å²) in [5, 5.41) is 6.03. The van der Waals surface area contributed by atoms with Gasteiger partial charge in [-0.1, -0.05) is 24.6 Å². The molecular formula is C13H20N2O. The lowest BCUT2D eigenvalue weighted by molar-refractivity contribution is -0.117. The molecule has 0 aliphatic carbocycles. The smallest absolute Gasteiger partial charge is 0.241 e. The van der Waals surface area contributed by atoms with Crippen LogP contribution in [0.4, 0.5) is 5.69 Å². The molecule has 0 saturated carbocycles. The Morgan fingerprint density at radius 2 is 1.94 bits per heavy atom. The zero-order valence-corrected chi connectivity index (χ0v) is 10.2. The molecule has 1 aromatic carbocycles. The predicted octanol–water partition coefficient (Wildman–Crippen LogP) is 2.32. The van der Waals surface area contributed by atoms with Gasteiger partial charge in [-0.25, -0.2) is 0 Å². The lowest BCUT2D eigenvalue weighted by atomic mass is 10.2. The van der Waals surface area contributed by atoms with Crippen LogP contribution in [0.15, 0.2) is 24.3 Å². The molecule has 3 nitrogen and oxygen atoms in total. The van der Waals surface area contributed by atoms with E-state index in [1.165, 1.54) is 5.56 Å². The first kappa shape index (κ1) is 12.7. The summed E-state index contributed by atoms with van der Waals surface area (Å²) in [6.45, 7) is 6.84. The van der Waals surface area contributed by atoms with Crippen molar-refractivity contribution in [3.63, 3.8) is 0 Å². The largest absolute Gasteiger partial charge is 0.325 e. The highest BCUT2D eigenvalue weighted by atomic mass is 16.2. The van der Waals surface area contributed by atoms with Crippen molar-refractivity contribution < 1.29 is 4.79 Å². The molecule has 3 heteroatoms. The Kier molecular flexibility index (Phi) is 4.99. The number of amides is 1. The van der Waals surface area contributed by atoms with E-state index >= 15 is 0 Å². The highest BCUT2D eigenvalue weighted by molar-refractivity contribution is 5.94. The summed E-state index contributed by atoms with van der Waals surface area (Å²) in [4.78, 5) is 11.7. The van der Waals surface area contributed by atoms with Crippen LogP contribution in [-0.2, 0) is 4.79 Å². The van der Waals surface area contributed by atoms with Crippen molar-refractivity contribution in [3.05, 3.63) is 29.8 Å². The second kappa shape index (κ2) is 6.28. The summed E-state index contributed by atoms with van der Waals surface area (Å²) in [5.74, 6) is 0.0114. The third-order valence-electron chi connectivity index (χ3n) is 2.41. The zero-order valence-electron chi connectivity index (χ0n) is 10.2. The number of rotatable bonds is 5. The molecule has 0 aliphatic rings. The van der Waals surface area contributed by atoms with Gasteiger partial charge in [0.05, 0.1) is 6.04 Å². The molecule has 1 unspecified atom stereocenters. The van der Waals surface area contributed by atoms with Gasteiger partial charge < -0.3 is 10.6 Å². The Bertz CT molecular complexity index is 332. The van der Waals surface area contributed by atoms with Crippen LogP contribution in [0.3, 0.4) is 0 Å². The number of nitrogens with one attached hydrogen (secondary N) is 2. The molecular weight excluding hydrogens is 200 g/mol. The lowest BCUT2D eigenvalue weighted by Crippen LogP contribution is -2.38. The number of carbonyl (C=O) groups excluding carboxylic acids is 1. The van der Waals surface area contributed by atoms with Gasteiger partial charge in [-0.3, -0.25) is 4.79 Å². The first-order valence-corrected chi connectivity index (χ1v) is 5.74. The van der Waals surface area contributed by atoms with Crippen LogP contribution in [0.5, 0.6) is 0 Å². The van der Waals surface area contributed by atoms with Crippen molar-refractivity contribution in [3.8, 4) is 0 Å². The highest BCUT2D eigenvalue weighted by Crippen LogP contribution is 2.08. The second-order valence-electron chi connectivity index (χ2n) is 4.03. The highest BCUT2D eigenvalue weighted by Gasteiger charge is 2.11. The van der Waals surface area contributed by atoms with E-state index in [9.17, 15) is 4.79 Å². The molecule has 2 N–H and O–H groups in total. The maximum absolute atomic E-state index is 11.7. The lowest BCUT2D eigenvalue weighted by Gasteiger charge is -2.13. The summed E-state index contributed by atoms with van der Waals surface area (Å²) in [7, 11) is 0. The molecule has 1 amide bonds. The van der Waals surface area contributed by atoms with Crippen molar-refractivity contribution in [1.29, 1.82) is 0 Å². The fourth-order valence-corrected chi connectivity index (χ4v) is 1.34. The molecule has 0 spiro atoms. The van der Waals surface area contributed by atoms with Crippen LogP contribution >= 0.6 is 0 Å². The molecule has 16 heavy (non-hydrogen) atoms. The van der Waals surface area contributed by atoms with Crippen LogP contribution in [0.2, 0.25) is 0 Å². The molecule has 0 bridgehead atoms. The van der Waals surface area contributed by atoms with E-state index in [-0.39, 0.29) is 11.9 Å². The third kappa shape index (κ3) is 4.03. The van der Waals surface area contributed by atoms with Crippen LogP contribution in [0, 0.1) is 6.92 Å². The van der Waals surface area contributed by atoms with E-state index < -0.39 is 0 Å². The Morgan fingerprint density at radius 3 is 2.50 bits per heavy atom. The first-order valence-electron chi connectivity index (χ1n) is 5.74. The maximum atomic E-state index is 11.7. The average molecular weight is 220 g/mol. The number of aryl methyl sites for hydroxylation is 1. The first-order chi connectivity index (χ1) is 7.63. The molecule has 1 aromatic rings. The molecule has 0 radical (unpaired) electrons. The van der Waals surface area contributed by atoms with E-state index in [4.69, 9.17) is 0 Å². The molecule has 0 saturated heterocycles. The maximum Gasteiger partial charge on any atom is 0.241 e. The Morgan fingerprint density at radius 1 is 1.31 bits per heavy atom. The van der Waals surface area contributed by atoms with Gasteiger partial charge in [0, 0.05) is 5.69 Å². The molecule has 0 fully saturated rings. The van der Waals surface area contributed by atoms with E-state index in [1.807, 2.05) is 38.1 Å². The number of benzene rings is 1. The van der Waals surface area contributed by atoms with E-state index in [2.05, 4.69) is 17.6 Å². The minimum absolute atomic E-state index is 0.0114. The van der Waals surface area contributed by atoms with E-state index in [1.54, 1.807) is 0 Å². The number of hydrogen-bond acceptors (Lipinski definition) is 2. The Labute approximate surface area is 97.2 Å². The molecule has 1 rings (SSSR count). The van der Waals surface area contributed by atoms with E-state index in [0.29, 0.717) is 0 Å². The molecule has 1 atom stereocenters. The van der Waals surface area contributed by atoms with Gasteiger partial charge in [0.25, 0.3) is 0 Å². The van der Waals surface area contributed by atoms with Gasteiger partial charge in [0.15, 0.2) is 0 Å². The quantitative estimate of drug-likeness (QED) is 0.799. The van der Waals surface area contributed by atoms with Crippen molar-refractivity contribution in [2.24, 2.45) is 0 Å². The SMILES string of the molecule is CCCNC(C)C(=O)Nc1ccc(C)cc1. The van der Waals surface area contributed by atoms with Crippen molar-refractivity contribution in [1.82, 2.24) is 5.32 Å². The number of carbonyl (C=O) groups is 1. The Hall–Kier alpha value is -1.35. The van der Waals surface area contributed by atoms with Crippen molar-refractivity contribution in [2.45, 2.75) is 33.2 Å². The second-order valence-corrected chi connectivity index (χ2v) is 4.03. The number of anilines is 1. The summed E-state index contributed by atoms with van der Waals surface area (Å²) < 4.78 is 0. The van der Waals surface area contributed by atoms with Gasteiger partial charge in [0.2, 0.25) is 5.91 Å². The van der Waals surface area contributed by atoms with E-state index in [0.717, 1.165) is 18.7 Å². The molecule has 0 aromatic heterocycles. The summed E-state index contributed by atoms with van der Waals surface area (Å²) in [6.07, 6.45) is 1.03. The summed E-state index contributed by atoms with van der Waals surface area (Å²) in [5.41, 5.74) is 2.04. The van der Waals surface area contributed by atoms with Crippen molar-refractivity contribution >= 4 is 11.6 Å². The van der Waals surface area contributed by atoms with Gasteiger partial charge in [-0.05, 0) is 38.9 Å². The number of hydrogen-bond donors (Lipinski definition) is 2. The van der Waals surface area contributed by atoms with Gasteiger partial charge in [-0.2, -0.15) is 0 Å². The van der Waals surface area contributed by atoms with Crippen molar-refractivity contribution in [2.75, 3.05) is 11.9 Å². The zero-order chi connectivity index (χ0) is 12.0. The topological polar surface area (TPSA) is 41.1 Å². The fraction of sp³-hybridized carbons (Fsp3) is 0.462. The van der Waals surface area contributed by atoms with Crippen LogP contribution in [0.1, 0.15) is 25.8 Å². The monoisotopic (exact) mass is 220 g/mol. The third-order valence-corrected chi connectivity index (χ3v) is 2.41. The molecule has 88 valence electrons. The fourth-order valence-electron chi connectivity index (χ4n) is 1.34. The van der Waals surface area contributed by atoms with Crippen LogP contribution in [-0.4, -0.2) is 18.5 Å². The van der Waals surface area contributed by atoms with Gasteiger partial charge in [-0.15, -0.1) is 0 Å². The van der Waals surface area contributed by atoms with Gasteiger partial charge >= 0.3 is 0 Å². The summed E-state index contributed by atoms with van der Waals surface area (Å²) in [6, 6.07) is 7.65. The van der Waals surface area contributed by atoms with Crippen LogP contribution < -0.4 is 10.6 Å². The van der Waals surface area contributed by atoms with Gasteiger partial charge in [0.1, 0.15) is 0 Å².